The quantitative estimate of drug-likeness (QED) is 0.701. The zero-order valence-electron chi connectivity index (χ0n) is 8.25. The molecule has 5 nitrogen and oxygen atoms in total. The molecule has 0 atom stereocenters. The Morgan fingerprint density at radius 1 is 1.79 bits per heavy atom. The lowest BCUT2D eigenvalue weighted by Gasteiger charge is -2.08. The fourth-order valence-corrected chi connectivity index (χ4v) is 1.25. The number of alkyl carbamates (subject to hydrolysis) is 1. The van der Waals surface area contributed by atoms with Crippen LogP contribution >= 0.6 is 0 Å². The van der Waals surface area contributed by atoms with E-state index in [1.54, 1.807) is 6.92 Å². The Balaban J connectivity index is 2.51. The van der Waals surface area contributed by atoms with Crippen molar-refractivity contribution in [1.29, 1.82) is 0 Å². The summed E-state index contributed by atoms with van der Waals surface area (Å²) < 4.78 is 4.73. The van der Waals surface area contributed by atoms with Gasteiger partial charge in [0.05, 0.1) is 18.0 Å². The van der Waals surface area contributed by atoms with Crippen LogP contribution in [0.25, 0.3) is 0 Å². The summed E-state index contributed by atoms with van der Waals surface area (Å²) >= 11 is 0. The van der Waals surface area contributed by atoms with Crippen molar-refractivity contribution in [1.82, 2.24) is 5.32 Å². The van der Waals surface area contributed by atoms with Gasteiger partial charge in [0.2, 0.25) is 0 Å². The Hall–Kier alpha value is -1.52. The van der Waals surface area contributed by atoms with E-state index in [9.17, 15) is 4.79 Å². The summed E-state index contributed by atoms with van der Waals surface area (Å²) in [7, 11) is 0. The average Bonchev–Trinajstić information content (AvgIpc) is 2.67. The number of hydrogen-bond acceptors (Lipinski definition) is 4. The predicted molar refractivity (Wildman–Crippen MR) is 54.0 cm³/mol. The molecule has 0 spiro atoms. The number of nitrogens with one attached hydrogen (secondary N) is 1. The number of allylic oxidation sites excluding steroid dienone is 1. The molecule has 0 bridgehead atoms. The summed E-state index contributed by atoms with van der Waals surface area (Å²) in [6.07, 6.45) is 2.73. The lowest BCUT2D eigenvalue weighted by atomic mass is 10.2. The second-order valence-corrected chi connectivity index (χ2v) is 2.86. The van der Waals surface area contributed by atoms with E-state index in [1.165, 1.54) is 6.20 Å². The monoisotopic (exact) mass is 197 g/mol. The van der Waals surface area contributed by atoms with Crippen LogP contribution in [-0.2, 0) is 4.74 Å². The number of amides is 1. The SMILES string of the molecule is CCOC(=O)NC(=CN)C1=NCCC1. The molecule has 1 rings (SSSR count). The fraction of sp³-hybridized carbons (Fsp3) is 0.556. The lowest BCUT2D eigenvalue weighted by Crippen LogP contribution is -2.28. The fourth-order valence-electron chi connectivity index (χ4n) is 1.25. The Morgan fingerprint density at radius 2 is 2.57 bits per heavy atom. The van der Waals surface area contributed by atoms with E-state index >= 15 is 0 Å². The van der Waals surface area contributed by atoms with Gasteiger partial charge in [0.15, 0.2) is 0 Å². The summed E-state index contributed by atoms with van der Waals surface area (Å²) in [6.45, 7) is 2.89. The van der Waals surface area contributed by atoms with Gasteiger partial charge < -0.3 is 10.5 Å². The van der Waals surface area contributed by atoms with Gasteiger partial charge in [-0.3, -0.25) is 10.3 Å². The molecule has 1 aliphatic heterocycles. The van der Waals surface area contributed by atoms with E-state index in [0.717, 1.165) is 25.1 Å². The van der Waals surface area contributed by atoms with Gasteiger partial charge in [-0.15, -0.1) is 0 Å². The van der Waals surface area contributed by atoms with Crippen LogP contribution in [0.1, 0.15) is 19.8 Å². The zero-order valence-corrected chi connectivity index (χ0v) is 8.25. The van der Waals surface area contributed by atoms with Crippen molar-refractivity contribution in [2.75, 3.05) is 13.2 Å². The van der Waals surface area contributed by atoms with Gasteiger partial charge in [-0.1, -0.05) is 0 Å². The number of carbonyl (C=O) groups excluding carboxylic acids is 1. The summed E-state index contributed by atoms with van der Waals surface area (Å²) in [5.41, 5.74) is 6.79. The van der Waals surface area contributed by atoms with Crippen molar-refractivity contribution in [3.63, 3.8) is 0 Å². The van der Waals surface area contributed by atoms with Gasteiger partial charge in [0.1, 0.15) is 0 Å². The standard InChI is InChI=1S/C9H15N3O2/c1-2-14-9(13)12-8(6-10)7-4-3-5-11-7/h6H,2-5,10H2,1H3,(H,12,13). The van der Waals surface area contributed by atoms with Crippen molar-refractivity contribution < 1.29 is 9.53 Å². The van der Waals surface area contributed by atoms with Crippen LogP contribution in [0.4, 0.5) is 4.79 Å². The highest BCUT2D eigenvalue weighted by molar-refractivity contribution is 6.02. The first-order valence-electron chi connectivity index (χ1n) is 4.67. The first-order chi connectivity index (χ1) is 6.77. The molecule has 78 valence electrons. The Labute approximate surface area is 83.0 Å². The molecule has 1 aliphatic rings. The van der Waals surface area contributed by atoms with E-state index < -0.39 is 6.09 Å². The molecule has 0 saturated heterocycles. The molecule has 0 unspecified atom stereocenters. The molecule has 1 heterocycles. The normalized spacial score (nSPS) is 16.4. The van der Waals surface area contributed by atoms with Crippen LogP contribution in [0.2, 0.25) is 0 Å². The molecule has 0 aromatic rings. The highest BCUT2D eigenvalue weighted by Crippen LogP contribution is 2.09. The highest BCUT2D eigenvalue weighted by atomic mass is 16.5. The molecule has 3 N–H and O–H groups in total. The third-order valence-electron chi connectivity index (χ3n) is 1.86. The van der Waals surface area contributed by atoms with Gasteiger partial charge in [-0.2, -0.15) is 0 Å². The van der Waals surface area contributed by atoms with Crippen molar-refractivity contribution in [3.05, 3.63) is 11.9 Å². The van der Waals surface area contributed by atoms with E-state index in [4.69, 9.17) is 10.5 Å². The molecule has 0 aromatic heterocycles. The average molecular weight is 197 g/mol. The Bertz CT molecular complexity index is 271. The number of rotatable bonds is 3. The van der Waals surface area contributed by atoms with E-state index in [-0.39, 0.29) is 0 Å². The molecule has 0 saturated carbocycles. The number of nitrogens with zero attached hydrogens (tertiary/aromatic N) is 1. The van der Waals surface area contributed by atoms with Crippen LogP contribution in [0.15, 0.2) is 16.9 Å². The number of carbonyl (C=O) groups is 1. The zero-order chi connectivity index (χ0) is 10.4. The van der Waals surface area contributed by atoms with Crippen molar-refractivity contribution in [2.24, 2.45) is 10.7 Å². The van der Waals surface area contributed by atoms with Crippen LogP contribution in [0.3, 0.4) is 0 Å². The van der Waals surface area contributed by atoms with E-state index in [1.807, 2.05) is 0 Å². The third kappa shape index (κ3) is 2.76. The van der Waals surface area contributed by atoms with Crippen molar-refractivity contribution >= 4 is 11.8 Å². The molecule has 0 radical (unpaired) electrons. The van der Waals surface area contributed by atoms with Crippen molar-refractivity contribution in [2.45, 2.75) is 19.8 Å². The first-order valence-corrected chi connectivity index (χ1v) is 4.67. The van der Waals surface area contributed by atoms with Gasteiger partial charge >= 0.3 is 6.09 Å². The highest BCUT2D eigenvalue weighted by Gasteiger charge is 2.13. The second kappa shape index (κ2) is 5.26. The summed E-state index contributed by atoms with van der Waals surface area (Å²) in [4.78, 5) is 15.3. The minimum atomic E-state index is -0.487. The molecule has 14 heavy (non-hydrogen) atoms. The maximum atomic E-state index is 11.1. The van der Waals surface area contributed by atoms with Crippen LogP contribution < -0.4 is 11.1 Å². The second-order valence-electron chi connectivity index (χ2n) is 2.86. The minimum absolute atomic E-state index is 0.343. The van der Waals surface area contributed by atoms with Gasteiger partial charge in [-0.05, 0) is 19.8 Å². The minimum Gasteiger partial charge on any atom is -0.450 e. The first kappa shape index (κ1) is 10.6. The topological polar surface area (TPSA) is 76.7 Å². The van der Waals surface area contributed by atoms with Gasteiger partial charge in [0, 0.05) is 12.7 Å². The number of nitrogens with two attached hydrogens (primary N) is 1. The molecule has 0 fully saturated rings. The number of hydrogen-bond donors (Lipinski definition) is 2. The predicted octanol–water partition coefficient (Wildman–Crippen LogP) is 0.767. The maximum Gasteiger partial charge on any atom is 0.411 e. The smallest absolute Gasteiger partial charge is 0.411 e. The van der Waals surface area contributed by atoms with Gasteiger partial charge in [-0.25, -0.2) is 4.79 Å². The number of aliphatic imine (C=N–C) groups is 1. The number of ether oxygens (including phenoxy) is 1. The summed E-state index contributed by atoms with van der Waals surface area (Å²) in [5, 5.41) is 2.55. The molecule has 1 amide bonds. The molecule has 0 aliphatic carbocycles. The van der Waals surface area contributed by atoms with Crippen molar-refractivity contribution in [3.8, 4) is 0 Å². The van der Waals surface area contributed by atoms with Gasteiger partial charge in [0.25, 0.3) is 0 Å². The Morgan fingerprint density at radius 3 is 3.07 bits per heavy atom. The molecule has 5 heteroatoms. The van der Waals surface area contributed by atoms with Crippen LogP contribution in [0, 0.1) is 0 Å². The van der Waals surface area contributed by atoms with E-state index in [0.29, 0.717) is 12.3 Å². The largest absolute Gasteiger partial charge is 0.450 e. The lowest BCUT2D eigenvalue weighted by molar-refractivity contribution is 0.155. The molecule has 0 aromatic carbocycles. The molecular weight excluding hydrogens is 182 g/mol. The van der Waals surface area contributed by atoms with Crippen LogP contribution in [-0.4, -0.2) is 25.0 Å². The van der Waals surface area contributed by atoms with E-state index in [2.05, 4.69) is 10.3 Å². The Kier molecular flexibility index (Phi) is 3.97. The third-order valence-corrected chi connectivity index (χ3v) is 1.86. The summed E-state index contributed by atoms with van der Waals surface area (Å²) in [5.74, 6) is 0. The van der Waals surface area contributed by atoms with Crippen LogP contribution in [0.5, 0.6) is 0 Å². The summed E-state index contributed by atoms with van der Waals surface area (Å²) in [6, 6.07) is 0. The molecular formula is C9H15N3O2. The maximum absolute atomic E-state index is 11.1.